The summed E-state index contributed by atoms with van der Waals surface area (Å²) in [6.07, 6.45) is 0. The average molecular weight is 572 g/mol. The molecular weight excluding hydrogens is 542 g/mol. The first-order chi connectivity index (χ1) is 15.7. The van der Waals surface area contributed by atoms with Crippen LogP contribution in [0.5, 0.6) is 17.2 Å². The maximum absolute atomic E-state index is 13.4. The molecule has 1 atom stereocenters. The van der Waals surface area contributed by atoms with Crippen LogP contribution < -0.4 is 24.8 Å². The number of aliphatic imine (C=N–C) groups is 1. The molecule has 0 amide bonds. The van der Waals surface area contributed by atoms with E-state index in [0.717, 1.165) is 30.2 Å². The van der Waals surface area contributed by atoms with Crippen LogP contribution in [0.25, 0.3) is 0 Å². The standard InChI is InChI=1S/C23H29FN4O4.HI/c1-25-23(26-8-11-30-19-6-7-21-22(14-19)32-16-31-21)27-15-20(28-9-12-29-13-10-28)17-2-4-18(24)5-3-17;/h2-7,14,20H,8-13,15-16H2,1H3,(H2,25,26,27);1H. The third kappa shape index (κ3) is 7.08. The van der Waals surface area contributed by atoms with Crippen molar-refractivity contribution in [3.8, 4) is 17.2 Å². The Morgan fingerprint density at radius 2 is 1.85 bits per heavy atom. The second-order valence-corrected chi connectivity index (χ2v) is 7.46. The van der Waals surface area contributed by atoms with Gasteiger partial charge < -0.3 is 29.6 Å². The summed E-state index contributed by atoms with van der Waals surface area (Å²) >= 11 is 0. The predicted molar refractivity (Wildman–Crippen MR) is 134 cm³/mol. The first kappa shape index (κ1) is 25.3. The number of halogens is 2. The number of benzene rings is 2. The van der Waals surface area contributed by atoms with Crippen molar-refractivity contribution >= 4 is 29.9 Å². The zero-order valence-electron chi connectivity index (χ0n) is 18.6. The largest absolute Gasteiger partial charge is 0.492 e. The highest BCUT2D eigenvalue weighted by Gasteiger charge is 2.23. The van der Waals surface area contributed by atoms with Crippen LogP contribution in [0.2, 0.25) is 0 Å². The minimum absolute atomic E-state index is 0. The van der Waals surface area contributed by atoms with Gasteiger partial charge in [0.05, 0.1) is 25.8 Å². The van der Waals surface area contributed by atoms with Crippen LogP contribution in [-0.4, -0.2) is 70.7 Å². The first-order valence-corrected chi connectivity index (χ1v) is 10.8. The van der Waals surface area contributed by atoms with Gasteiger partial charge in [-0.25, -0.2) is 4.39 Å². The van der Waals surface area contributed by atoms with Crippen molar-refractivity contribution in [3.63, 3.8) is 0 Å². The van der Waals surface area contributed by atoms with Gasteiger partial charge in [-0.15, -0.1) is 24.0 Å². The first-order valence-electron chi connectivity index (χ1n) is 10.8. The lowest BCUT2D eigenvalue weighted by Crippen LogP contribution is -2.46. The second-order valence-electron chi connectivity index (χ2n) is 7.46. The number of hydrogen-bond acceptors (Lipinski definition) is 6. The van der Waals surface area contributed by atoms with Crippen LogP contribution in [-0.2, 0) is 4.74 Å². The Kier molecular flexibility index (Phi) is 9.82. The fraction of sp³-hybridized carbons (Fsp3) is 0.435. The molecule has 0 saturated carbocycles. The van der Waals surface area contributed by atoms with E-state index < -0.39 is 0 Å². The van der Waals surface area contributed by atoms with Gasteiger partial charge in [-0.05, 0) is 29.8 Å². The molecule has 1 fully saturated rings. The van der Waals surface area contributed by atoms with Crippen LogP contribution in [0.4, 0.5) is 4.39 Å². The molecule has 2 N–H and O–H groups in total. The van der Waals surface area contributed by atoms with Crippen LogP contribution in [0, 0.1) is 5.82 Å². The number of fused-ring (bicyclic) bond motifs is 1. The number of nitrogens with zero attached hydrogens (tertiary/aromatic N) is 2. The monoisotopic (exact) mass is 572 g/mol. The molecule has 1 unspecified atom stereocenters. The molecule has 4 rings (SSSR count). The molecule has 33 heavy (non-hydrogen) atoms. The fourth-order valence-corrected chi connectivity index (χ4v) is 3.75. The van der Waals surface area contributed by atoms with Crippen LogP contribution in [0.3, 0.4) is 0 Å². The minimum Gasteiger partial charge on any atom is -0.492 e. The Labute approximate surface area is 210 Å². The fourth-order valence-electron chi connectivity index (χ4n) is 3.75. The van der Waals surface area contributed by atoms with Gasteiger partial charge in [-0.3, -0.25) is 9.89 Å². The smallest absolute Gasteiger partial charge is 0.231 e. The Morgan fingerprint density at radius 3 is 2.61 bits per heavy atom. The number of hydrogen-bond donors (Lipinski definition) is 2. The second kappa shape index (κ2) is 12.8. The van der Waals surface area contributed by atoms with E-state index in [2.05, 4.69) is 20.5 Å². The van der Waals surface area contributed by atoms with Crippen LogP contribution in [0.1, 0.15) is 11.6 Å². The summed E-state index contributed by atoms with van der Waals surface area (Å²) in [5, 5.41) is 6.65. The highest BCUT2D eigenvalue weighted by molar-refractivity contribution is 14.0. The topological polar surface area (TPSA) is 76.6 Å². The normalized spacial score (nSPS) is 16.6. The summed E-state index contributed by atoms with van der Waals surface area (Å²) < 4.78 is 35.4. The summed E-state index contributed by atoms with van der Waals surface area (Å²) in [6, 6.07) is 12.3. The SMILES string of the molecule is CN=C(NCCOc1ccc2c(c1)OCO2)NCC(c1ccc(F)cc1)N1CCOCC1.I. The molecular formula is C23H30FIN4O4. The van der Waals surface area contributed by atoms with Gasteiger partial charge in [0.15, 0.2) is 17.5 Å². The molecule has 0 radical (unpaired) electrons. The number of guanidine groups is 1. The Morgan fingerprint density at radius 1 is 1.09 bits per heavy atom. The van der Waals surface area contributed by atoms with Gasteiger partial charge in [-0.1, -0.05) is 12.1 Å². The Hall–Kier alpha value is -2.31. The van der Waals surface area contributed by atoms with Gasteiger partial charge in [0.25, 0.3) is 0 Å². The summed E-state index contributed by atoms with van der Waals surface area (Å²) in [5.74, 6) is 2.60. The lowest BCUT2D eigenvalue weighted by molar-refractivity contribution is 0.0170. The highest BCUT2D eigenvalue weighted by atomic mass is 127. The summed E-state index contributed by atoms with van der Waals surface area (Å²) in [5.41, 5.74) is 1.06. The van der Waals surface area contributed by atoms with E-state index in [4.69, 9.17) is 18.9 Å². The molecule has 0 aromatic heterocycles. The van der Waals surface area contributed by atoms with E-state index >= 15 is 0 Å². The number of ether oxygens (including phenoxy) is 4. The average Bonchev–Trinajstić information content (AvgIpc) is 3.30. The third-order valence-corrected chi connectivity index (χ3v) is 5.43. The number of morpholine rings is 1. The number of nitrogens with one attached hydrogen (secondary N) is 2. The third-order valence-electron chi connectivity index (χ3n) is 5.43. The van der Waals surface area contributed by atoms with Gasteiger partial charge in [0.1, 0.15) is 18.2 Å². The summed E-state index contributed by atoms with van der Waals surface area (Å²) in [4.78, 5) is 6.65. The number of rotatable bonds is 8. The lowest BCUT2D eigenvalue weighted by atomic mass is 10.0. The van der Waals surface area contributed by atoms with E-state index in [1.165, 1.54) is 12.1 Å². The van der Waals surface area contributed by atoms with E-state index in [9.17, 15) is 4.39 Å². The maximum atomic E-state index is 13.4. The van der Waals surface area contributed by atoms with Crippen molar-refractivity contribution in [2.45, 2.75) is 6.04 Å². The highest BCUT2D eigenvalue weighted by Crippen LogP contribution is 2.35. The zero-order chi connectivity index (χ0) is 22.2. The van der Waals surface area contributed by atoms with Crippen molar-refractivity contribution in [2.75, 3.05) is 59.8 Å². The zero-order valence-corrected chi connectivity index (χ0v) is 20.9. The van der Waals surface area contributed by atoms with Gasteiger partial charge >= 0.3 is 0 Å². The molecule has 2 aromatic rings. The molecule has 1 saturated heterocycles. The van der Waals surface area contributed by atoms with Gasteiger partial charge in [0, 0.05) is 32.7 Å². The molecule has 2 heterocycles. The van der Waals surface area contributed by atoms with Crippen LogP contribution >= 0.6 is 24.0 Å². The van der Waals surface area contributed by atoms with Crippen LogP contribution in [0.15, 0.2) is 47.5 Å². The van der Waals surface area contributed by atoms with E-state index in [0.29, 0.717) is 44.6 Å². The molecule has 2 aliphatic heterocycles. The summed E-state index contributed by atoms with van der Waals surface area (Å²) in [6.45, 7) is 4.97. The van der Waals surface area contributed by atoms with E-state index in [-0.39, 0.29) is 42.6 Å². The maximum Gasteiger partial charge on any atom is 0.231 e. The molecule has 0 bridgehead atoms. The van der Waals surface area contributed by atoms with E-state index in [1.807, 2.05) is 30.3 Å². The van der Waals surface area contributed by atoms with Crippen molar-refractivity contribution < 1.29 is 23.3 Å². The van der Waals surface area contributed by atoms with Crippen molar-refractivity contribution in [1.29, 1.82) is 0 Å². The molecule has 180 valence electrons. The molecule has 2 aliphatic rings. The Bertz CT molecular complexity index is 910. The molecule has 8 nitrogen and oxygen atoms in total. The molecule has 0 spiro atoms. The quantitative estimate of drug-likeness (QED) is 0.218. The van der Waals surface area contributed by atoms with Crippen molar-refractivity contribution in [2.24, 2.45) is 4.99 Å². The lowest BCUT2D eigenvalue weighted by Gasteiger charge is -2.35. The minimum atomic E-state index is -0.234. The summed E-state index contributed by atoms with van der Waals surface area (Å²) in [7, 11) is 1.73. The van der Waals surface area contributed by atoms with E-state index in [1.54, 1.807) is 7.05 Å². The Balaban J connectivity index is 0.00000306. The van der Waals surface area contributed by atoms with Gasteiger partial charge in [-0.2, -0.15) is 0 Å². The van der Waals surface area contributed by atoms with Gasteiger partial charge in [0.2, 0.25) is 6.79 Å². The predicted octanol–water partition coefficient (Wildman–Crippen LogP) is 2.79. The molecule has 0 aliphatic carbocycles. The molecule has 2 aromatic carbocycles. The molecule has 10 heteroatoms. The van der Waals surface area contributed by atoms with Crippen molar-refractivity contribution in [1.82, 2.24) is 15.5 Å². The van der Waals surface area contributed by atoms with Crippen molar-refractivity contribution in [3.05, 3.63) is 53.8 Å².